The number of benzene rings is 2. The molecule has 2 saturated heterocycles. The highest BCUT2D eigenvalue weighted by molar-refractivity contribution is 5.86. The van der Waals surface area contributed by atoms with Crippen LogP contribution in [0, 0.1) is 11.8 Å². The molecule has 0 spiro atoms. The Bertz CT molecular complexity index is 1770. The number of rotatable bonds is 8. The zero-order valence-corrected chi connectivity index (χ0v) is 29.3. The Kier molecular flexibility index (Phi) is 12.0. The number of fused-ring (bicyclic) bond motifs is 2. The molecule has 2 aromatic heterocycles. The maximum absolute atomic E-state index is 13.4. The fraction of sp³-hybridized carbons (Fsp3) is 0.500. The van der Waals surface area contributed by atoms with E-state index in [9.17, 15) is 37.4 Å². The molecule has 16 heteroatoms. The van der Waals surface area contributed by atoms with Gasteiger partial charge in [0.25, 0.3) is 12.9 Å². The highest BCUT2D eigenvalue weighted by Gasteiger charge is 2.42. The summed E-state index contributed by atoms with van der Waals surface area (Å²) in [4.78, 5) is 41.3. The molecule has 2 amide bonds. The molecule has 0 bridgehead atoms. The number of hydrogen-bond donors (Lipinski definition) is 6. The fourth-order valence-corrected chi connectivity index (χ4v) is 7.24. The van der Waals surface area contributed by atoms with Crippen LogP contribution in [-0.4, -0.2) is 80.4 Å². The van der Waals surface area contributed by atoms with Gasteiger partial charge in [-0.2, -0.15) is 0 Å². The van der Waals surface area contributed by atoms with E-state index in [4.69, 9.17) is 0 Å². The summed E-state index contributed by atoms with van der Waals surface area (Å²) in [7, 11) is 0. The summed E-state index contributed by atoms with van der Waals surface area (Å²) >= 11 is 0. The second-order valence-electron chi connectivity index (χ2n) is 13.9. The van der Waals surface area contributed by atoms with Gasteiger partial charge in [0, 0.05) is 60.1 Å². The average molecular weight is 729 g/mol. The molecule has 0 saturated carbocycles. The highest BCUT2D eigenvalue weighted by atomic mass is 19.3. The maximum Gasteiger partial charge on any atom is 0.266 e. The Hall–Kier alpha value is -4.38. The molecule has 2 aromatic carbocycles. The third kappa shape index (κ3) is 8.14. The molecule has 0 radical (unpaired) electrons. The number of aromatic nitrogens is 4. The van der Waals surface area contributed by atoms with Crippen LogP contribution in [0.2, 0.25) is 0 Å². The summed E-state index contributed by atoms with van der Waals surface area (Å²) in [6, 6.07) is 5.85. The first-order valence-electron chi connectivity index (χ1n) is 17.1. The van der Waals surface area contributed by atoms with E-state index in [0.717, 1.165) is 13.1 Å². The number of piperidine rings is 2. The SMILES string of the molecule is CC(O)C(=O)N[C@]1(c2ccc(C(F)F)c3nccnc23)CNC[C@@H](C)C1.CC(O)C(=O)N[C@]1(c2ccc(C(F)F)c3nccnc23)CNC[C@@H](C)C1. The minimum atomic E-state index is -2.67. The normalized spacial score (nSPS) is 24.6. The Labute approximate surface area is 298 Å². The standard InChI is InChI=1S/2C18H22F2N4O2/c2*1-10-7-18(9-21-8-10,24-17(26)11(2)25)13-4-3-12(16(19)20)14-15(13)23-6-5-22-14/h2*3-6,10-11,16,21,25H,7-9H2,1-2H3,(H,24,26)/t2*10-,11?,18-/m00/s1. The van der Waals surface area contributed by atoms with Gasteiger partial charge in [-0.05, 0) is 51.6 Å². The predicted molar refractivity (Wildman–Crippen MR) is 185 cm³/mol. The van der Waals surface area contributed by atoms with Gasteiger partial charge in [0.1, 0.15) is 12.2 Å². The molecule has 52 heavy (non-hydrogen) atoms. The molecule has 2 aliphatic heterocycles. The van der Waals surface area contributed by atoms with Gasteiger partial charge in [-0.1, -0.05) is 38.1 Å². The van der Waals surface area contributed by atoms with Gasteiger partial charge in [0.05, 0.1) is 33.1 Å². The largest absolute Gasteiger partial charge is 0.384 e. The van der Waals surface area contributed by atoms with Crippen molar-refractivity contribution >= 4 is 33.9 Å². The summed E-state index contributed by atoms with van der Waals surface area (Å²) < 4.78 is 53.4. The molecule has 6 rings (SSSR count). The molecule has 2 fully saturated rings. The fourth-order valence-electron chi connectivity index (χ4n) is 7.24. The lowest BCUT2D eigenvalue weighted by atomic mass is 9.78. The van der Waals surface area contributed by atoms with Crippen molar-refractivity contribution in [2.45, 2.75) is 76.7 Å². The van der Waals surface area contributed by atoms with Crippen LogP contribution in [0.25, 0.3) is 22.1 Å². The van der Waals surface area contributed by atoms with Crippen LogP contribution in [0.15, 0.2) is 49.1 Å². The number of alkyl halides is 4. The van der Waals surface area contributed by atoms with Crippen molar-refractivity contribution in [1.29, 1.82) is 0 Å². The van der Waals surface area contributed by atoms with Crippen molar-refractivity contribution in [1.82, 2.24) is 41.2 Å². The molecule has 2 aliphatic rings. The third-order valence-electron chi connectivity index (χ3n) is 9.53. The molecular weight excluding hydrogens is 684 g/mol. The quantitative estimate of drug-likeness (QED) is 0.147. The number of amides is 2. The number of halogens is 4. The van der Waals surface area contributed by atoms with E-state index < -0.39 is 48.0 Å². The molecule has 12 nitrogen and oxygen atoms in total. The lowest BCUT2D eigenvalue weighted by Gasteiger charge is -2.42. The van der Waals surface area contributed by atoms with E-state index >= 15 is 0 Å². The third-order valence-corrected chi connectivity index (χ3v) is 9.53. The van der Waals surface area contributed by atoms with E-state index in [0.29, 0.717) is 48.1 Å². The average Bonchev–Trinajstić information content (AvgIpc) is 3.10. The number of carbonyl (C=O) groups excluding carboxylic acids is 2. The van der Waals surface area contributed by atoms with Gasteiger partial charge in [0.15, 0.2) is 0 Å². The summed E-state index contributed by atoms with van der Waals surface area (Å²) in [6.07, 6.45) is -0.860. The Balaban J connectivity index is 0.000000201. The minimum Gasteiger partial charge on any atom is -0.384 e. The van der Waals surface area contributed by atoms with E-state index in [1.165, 1.54) is 50.8 Å². The summed E-state index contributed by atoms with van der Waals surface area (Å²) in [5.41, 5.74) is 0.0841. The van der Waals surface area contributed by atoms with Crippen molar-refractivity contribution in [3.8, 4) is 0 Å². The van der Waals surface area contributed by atoms with Crippen molar-refractivity contribution in [2.75, 3.05) is 26.2 Å². The number of aliphatic hydroxyl groups is 2. The highest BCUT2D eigenvalue weighted by Crippen LogP contribution is 2.39. The van der Waals surface area contributed by atoms with E-state index in [-0.39, 0.29) is 34.0 Å². The second-order valence-corrected chi connectivity index (χ2v) is 13.9. The lowest BCUT2D eigenvalue weighted by molar-refractivity contribution is -0.131. The lowest BCUT2D eigenvalue weighted by Crippen LogP contribution is -2.58. The second kappa shape index (κ2) is 16.1. The smallest absolute Gasteiger partial charge is 0.266 e. The first-order valence-corrected chi connectivity index (χ1v) is 17.1. The van der Waals surface area contributed by atoms with Crippen LogP contribution in [0.3, 0.4) is 0 Å². The summed E-state index contributed by atoms with van der Waals surface area (Å²) in [5, 5.41) is 31.7. The van der Waals surface area contributed by atoms with Crippen LogP contribution in [0.5, 0.6) is 0 Å². The number of aliphatic hydroxyl groups excluding tert-OH is 2. The van der Waals surface area contributed by atoms with Crippen molar-refractivity contribution < 1.29 is 37.4 Å². The number of nitrogens with zero attached hydrogens (tertiary/aromatic N) is 4. The molecule has 4 aromatic rings. The predicted octanol–water partition coefficient (Wildman–Crippen LogP) is 3.78. The maximum atomic E-state index is 13.4. The molecule has 280 valence electrons. The van der Waals surface area contributed by atoms with Gasteiger partial charge < -0.3 is 31.5 Å². The van der Waals surface area contributed by atoms with Crippen molar-refractivity contribution in [3.63, 3.8) is 0 Å². The monoisotopic (exact) mass is 728 g/mol. The summed E-state index contributed by atoms with van der Waals surface area (Å²) in [6.45, 7) is 9.25. The van der Waals surface area contributed by atoms with Gasteiger partial charge in [-0.25, -0.2) is 17.6 Å². The van der Waals surface area contributed by atoms with Crippen LogP contribution in [-0.2, 0) is 20.7 Å². The zero-order chi connectivity index (χ0) is 37.8. The molecule has 0 aliphatic carbocycles. The van der Waals surface area contributed by atoms with Gasteiger partial charge >= 0.3 is 0 Å². The zero-order valence-electron chi connectivity index (χ0n) is 29.3. The Morgan fingerprint density at radius 3 is 1.33 bits per heavy atom. The minimum absolute atomic E-state index is 0.129. The Morgan fingerprint density at radius 1 is 0.673 bits per heavy atom. The van der Waals surface area contributed by atoms with Crippen LogP contribution >= 0.6 is 0 Å². The van der Waals surface area contributed by atoms with E-state index in [2.05, 4.69) is 41.2 Å². The van der Waals surface area contributed by atoms with Gasteiger partial charge in [-0.3, -0.25) is 29.5 Å². The van der Waals surface area contributed by atoms with Crippen molar-refractivity contribution in [3.05, 3.63) is 71.3 Å². The molecule has 6 atom stereocenters. The Morgan fingerprint density at radius 2 is 1.02 bits per heavy atom. The van der Waals surface area contributed by atoms with Gasteiger partial charge in [0.2, 0.25) is 11.8 Å². The first-order chi connectivity index (χ1) is 24.7. The van der Waals surface area contributed by atoms with Crippen LogP contribution in [0.4, 0.5) is 17.6 Å². The molecule has 4 heterocycles. The van der Waals surface area contributed by atoms with E-state index in [1.807, 2.05) is 13.8 Å². The van der Waals surface area contributed by atoms with Crippen molar-refractivity contribution in [2.24, 2.45) is 11.8 Å². The van der Waals surface area contributed by atoms with E-state index in [1.54, 1.807) is 12.1 Å². The number of hydrogen-bond acceptors (Lipinski definition) is 10. The number of nitrogens with one attached hydrogen (secondary N) is 4. The molecular formula is C36H44F4N8O4. The summed E-state index contributed by atoms with van der Waals surface area (Å²) in [5.74, 6) is -0.564. The topological polar surface area (TPSA) is 174 Å². The molecule has 6 N–H and O–H groups in total. The number of carbonyl (C=O) groups is 2. The molecule has 2 unspecified atom stereocenters. The van der Waals surface area contributed by atoms with Crippen LogP contribution in [0.1, 0.15) is 75.6 Å². The first kappa shape index (κ1) is 38.8. The van der Waals surface area contributed by atoms with Gasteiger partial charge in [-0.15, -0.1) is 0 Å². The van der Waals surface area contributed by atoms with Crippen LogP contribution < -0.4 is 21.3 Å².